The van der Waals surface area contributed by atoms with Crippen LogP contribution in [0.3, 0.4) is 0 Å². The van der Waals surface area contributed by atoms with Crippen molar-refractivity contribution in [3.05, 3.63) is 83.0 Å². The minimum Gasteiger partial charge on any atom is -0.350 e. The molecule has 4 rings (SSSR count). The van der Waals surface area contributed by atoms with Crippen LogP contribution in [0.4, 0.5) is 13.2 Å². The monoisotopic (exact) mass is 468 g/mol. The van der Waals surface area contributed by atoms with Crippen molar-refractivity contribution in [3.8, 4) is 11.3 Å². The first kappa shape index (κ1) is 23.0. The fourth-order valence-corrected chi connectivity index (χ4v) is 3.48. The number of nitrogens with one attached hydrogen (secondary N) is 2. The molecule has 0 fully saturated rings. The Bertz CT molecular complexity index is 1350. The van der Waals surface area contributed by atoms with Crippen LogP contribution < -0.4 is 10.6 Å². The molecule has 34 heavy (non-hydrogen) atoms. The maximum atomic E-state index is 13.5. The van der Waals surface area contributed by atoms with E-state index in [9.17, 15) is 22.8 Å². The number of pyridine rings is 1. The second kappa shape index (κ2) is 9.34. The van der Waals surface area contributed by atoms with Gasteiger partial charge in [-0.05, 0) is 24.6 Å². The minimum atomic E-state index is -4.62. The first-order chi connectivity index (χ1) is 16.2. The summed E-state index contributed by atoms with van der Waals surface area (Å²) in [5.41, 5.74) is -0.0410. The second-order valence-electron chi connectivity index (χ2n) is 7.49. The van der Waals surface area contributed by atoms with Crippen LogP contribution in [0.1, 0.15) is 27.2 Å². The van der Waals surface area contributed by atoms with Gasteiger partial charge in [0.05, 0.1) is 34.4 Å². The van der Waals surface area contributed by atoms with E-state index in [1.807, 2.05) is 30.3 Å². The zero-order valence-electron chi connectivity index (χ0n) is 17.9. The molecular formula is C24H19F3N4O3. The third-order valence-electron chi connectivity index (χ3n) is 5.11. The number of hydrogen-bond acceptors (Lipinski definition) is 5. The van der Waals surface area contributed by atoms with Gasteiger partial charge in [-0.1, -0.05) is 53.7 Å². The number of alkyl halides is 3. The van der Waals surface area contributed by atoms with Crippen molar-refractivity contribution in [1.29, 1.82) is 0 Å². The van der Waals surface area contributed by atoms with Gasteiger partial charge >= 0.3 is 6.18 Å². The van der Waals surface area contributed by atoms with E-state index in [2.05, 4.69) is 20.8 Å². The number of carbonyl (C=O) groups is 2. The first-order valence-electron chi connectivity index (χ1n) is 10.3. The topological polar surface area (TPSA) is 97.1 Å². The molecule has 2 aromatic carbocycles. The number of aromatic nitrogens is 2. The fourth-order valence-electron chi connectivity index (χ4n) is 3.48. The van der Waals surface area contributed by atoms with Gasteiger partial charge in [0, 0.05) is 12.1 Å². The number of fused-ring (bicyclic) bond motifs is 1. The number of nitrogens with zero attached hydrogens (tertiary/aromatic N) is 2. The maximum absolute atomic E-state index is 13.5. The molecule has 0 bridgehead atoms. The summed E-state index contributed by atoms with van der Waals surface area (Å²) in [5.74, 6) is -1.09. The summed E-state index contributed by atoms with van der Waals surface area (Å²) in [4.78, 5) is 29.3. The van der Waals surface area contributed by atoms with Crippen LogP contribution in [0.15, 0.2) is 65.2 Å². The number of aryl methyl sites for hydroxylation is 1. The van der Waals surface area contributed by atoms with Gasteiger partial charge < -0.3 is 15.2 Å². The summed E-state index contributed by atoms with van der Waals surface area (Å²) in [5, 5.41) is 9.23. The van der Waals surface area contributed by atoms with E-state index in [0.717, 1.165) is 11.6 Å². The van der Waals surface area contributed by atoms with Crippen molar-refractivity contribution >= 4 is 22.9 Å². The molecule has 7 nitrogen and oxygen atoms in total. The van der Waals surface area contributed by atoms with E-state index in [0.29, 0.717) is 5.69 Å². The Balaban J connectivity index is 1.59. The van der Waals surface area contributed by atoms with Crippen molar-refractivity contribution < 1.29 is 27.3 Å². The highest BCUT2D eigenvalue weighted by Gasteiger charge is 2.34. The number of amides is 2. The summed E-state index contributed by atoms with van der Waals surface area (Å²) in [7, 11) is 0. The molecule has 2 N–H and O–H groups in total. The van der Waals surface area contributed by atoms with Crippen molar-refractivity contribution in [3.63, 3.8) is 0 Å². The van der Waals surface area contributed by atoms with Crippen molar-refractivity contribution in [2.24, 2.45) is 0 Å². The number of carbonyl (C=O) groups excluding carboxylic acids is 2. The normalized spacial score (nSPS) is 11.4. The van der Waals surface area contributed by atoms with Gasteiger partial charge in [-0.2, -0.15) is 13.2 Å². The van der Waals surface area contributed by atoms with Crippen LogP contribution in [-0.2, 0) is 17.5 Å². The minimum absolute atomic E-state index is 0.00610. The number of halogens is 3. The number of hydrogen-bond donors (Lipinski definition) is 2. The van der Waals surface area contributed by atoms with E-state index < -0.39 is 23.6 Å². The molecule has 2 amide bonds. The van der Waals surface area contributed by atoms with E-state index in [1.54, 1.807) is 6.92 Å². The lowest BCUT2D eigenvalue weighted by Crippen LogP contribution is -2.36. The predicted octanol–water partition coefficient (Wildman–Crippen LogP) is 4.26. The molecule has 2 heterocycles. The van der Waals surface area contributed by atoms with Gasteiger partial charge in [-0.3, -0.25) is 9.59 Å². The molecule has 0 saturated heterocycles. The molecule has 0 radical (unpaired) electrons. The van der Waals surface area contributed by atoms with Crippen molar-refractivity contribution in [1.82, 2.24) is 20.8 Å². The molecule has 0 aliphatic heterocycles. The Labute approximate surface area is 192 Å². The lowest BCUT2D eigenvalue weighted by molar-refractivity contribution is -0.137. The summed E-state index contributed by atoms with van der Waals surface area (Å²) in [6, 6.07) is 15.4. The van der Waals surface area contributed by atoms with Gasteiger partial charge in [0.2, 0.25) is 5.91 Å². The smallest absolute Gasteiger partial charge is 0.350 e. The third-order valence-corrected chi connectivity index (χ3v) is 5.11. The van der Waals surface area contributed by atoms with Crippen LogP contribution in [0.5, 0.6) is 0 Å². The van der Waals surface area contributed by atoms with Crippen LogP contribution in [-0.4, -0.2) is 28.5 Å². The summed E-state index contributed by atoms with van der Waals surface area (Å²) in [6.07, 6.45) is -4.62. The standard InChI is InChI=1S/C24H19F3N4O3/c1-14-21-17(22(33)29-13-20(32)28-12-15-7-3-2-4-8-15)11-19(30-23(21)34-31-14)16-9-5-6-10-18(16)24(25,26)27/h2-11H,12-13H2,1H3,(H,28,32)(H,29,33). The SMILES string of the molecule is Cc1noc2nc(-c3ccccc3C(F)(F)F)cc(C(=O)NCC(=O)NCc3ccccc3)c12. The molecule has 174 valence electrons. The second-order valence-corrected chi connectivity index (χ2v) is 7.49. The lowest BCUT2D eigenvalue weighted by Gasteiger charge is -2.13. The molecule has 4 aromatic rings. The Morgan fingerprint density at radius 3 is 2.44 bits per heavy atom. The van der Waals surface area contributed by atoms with Crippen molar-refractivity contribution in [2.45, 2.75) is 19.6 Å². The van der Waals surface area contributed by atoms with E-state index in [-0.39, 0.29) is 41.0 Å². The Hall–Kier alpha value is -4.21. The molecule has 0 saturated carbocycles. The third kappa shape index (κ3) is 4.90. The van der Waals surface area contributed by atoms with Gasteiger partial charge in [0.25, 0.3) is 11.6 Å². The summed E-state index contributed by atoms with van der Waals surface area (Å²) in [6.45, 7) is 1.55. The van der Waals surface area contributed by atoms with Gasteiger partial charge in [0.15, 0.2) is 0 Å². The molecular weight excluding hydrogens is 449 g/mol. The Morgan fingerprint density at radius 1 is 1.00 bits per heavy atom. The van der Waals surface area contributed by atoms with Crippen LogP contribution in [0.2, 0.25) is 0 Å². The molecule has 0 spiro atoms. The van der Waals surface area contributed by atoms with Crippen LogP contribution in [0, 0.1) is 6.92 Å². The van der Waals surface area contributed by atoms with Gasteiger partial charge in [0.1, 0.15) is 0 Å². The predicted molar refractivity (Wildman–Crippen MR) is 118 cm³/mol. The number of benzene rings is 2. The Morgan fingerprint density at radius 2 is 1.71 bits per heavy atom. The maximum Gasteiger partial charge on any atom is 0.417 e. The van der Waals surface area contributed by atoms with Gasteiger partial charge in [-0.25, -0.2) is 4.98 Å². The van der Waals surface area contributed by atoms with E-state index in [4.69, 9.17) is 4.52 Å². The molecule has 0 atom stereocenters. The van der Waals surface area contributed by atoms with E-state index in [1.165, 1.54) is 24.3 Å². The van der Waals surface area contributed by atoms with E-state index >= 15 is 0 Å². The average molecular weight is 468 g/mol. The fraction of sp³-hybridized carbons (Fsp3) is 0.167. The van der Waals surface area contributed by atoms with Crippen LogP contribution >= 0.6 is 0 Å². The zero-order valence-corrected chi connectivity index (χ0v) is 17.9. The lowest BCUT2D eigenvalue weighted by atomic mass is 10.0. The quantitative estimate of drug-likeness (QED) is 0.441. The molecule has 0 unspecified atom stereocenters. The van der Waals surface area contributed by atoms with Gasteiger partial charge in [-0.15, -0.1) is 0 Å². The highest BCUT2D eigenvalue weighted by molar-refractivity contribution is 6.07. The molecule has 0 aliphatic carbocycles. The van der Waals surface area contributed by atoms with Crippen LogP contribution in [0.25, 0.3) is 22.4 Å². The molecule has 0 aliphatic rings. The highest BCUT2D eigenvalue weighted by atomic mass is 19.4. The first-order valence-corrected chi connectivity index (χ1v) is 10.3. The average Bonchev–Trinajstić information content (AvgIpc) is 3.21. The largest absolute Gasteiger partial charge is 0.417 e. The highest BCUT2D eigenvalue weighted by Crippen LogP contribution is 2.37. The molecule has 10 heteroatoms. The Kier molecular flexibility index (Phi) is 6.31. The summed E-state index contributed by atoms with van der Waals surface area (Å²) < 4.78 is 45.7. The molecule has 2 aromatic heterocycles. The van der Waals surface area contributed by atoms with Crippen molar-refractivity contribution in [2.75, 3.05) is 6.54 Å². The summed E-state index contributed by atoms with van der Waals surface area (Å²) >= 11 is 0. The zero-order chi connectivity index (χ0) is 24.3. The number of rotatable bonds is 6.